The molecule has 4 nitrogen and oxygen atoms in total. The third-order valence-corrected chi connectivity index (χ3v) is 4.92. The van der Waals surface area contributed by atoms with E-state index in [0.29, 0.717) is 25.3 Å². The predicted molar refractivity (Wildman–Crippen MR) is 76.5 cm³/mol. The van der Waals surface area contributed by atoms with Crippen LogP contribution in [0.4, 0.5) is 0 Å². The lowest BCUT2D eigenvalue weighted by molar-refractivity contribution is -0.126. The fraction of sp³-hybridized carbons (Fsp3) is 0.500. The second kappa shape index (κ2) is 4.71. The summed E-state index contributed by atoms with van der Waals surface area (Å²) in [6.45, 7) is 2.53. The number of para-hydroxylation sites is 2. The van der Waals surface area contributed by atoms with Gasteiger partial charge >= 0.3 is 0 Å². The molecule has 0 aromatic heterocycles. The van der Waals surface area contributed by atoms with Crippen molar-refractivity contribution in [2.75, 3.05) is 13.2 Å². The maximum atomic E-state index is 12.1. The van der Waals surface area contributed by atoms with E-state index in [9.17, 15) is 4.79 Å². The lowest BCUT2D eigenvalue weighted by Crippen LogP contribution is -2.43. The molecule has 2 aliphatic rings. The maximum Gasteiger partial charge on any atom is 0.229 e. The van der Waals surface area contributed by atoms with E-state index in [1.165, 1.54) is 0 Å². The zero-order valence-corrected chi connectivity index (χ0v) is 12.5. The molecule has 3 rings (SSSR count). The Morgan fingerprint density at radius 3 is 2.70 bits per heavy atom. The standard InChI is InChI=1S/C14H15Cl2NO3/c1-13(8-14(13,15)16)12(18)17-6-9-7-19-10-4-2-3-5-11(10)20-9/h2-5,9H,6-8H2,1H3,(H,17,18)/t9-,13+/m1/s1. The second-order valence-corrected chi connectivity index (χ2v) is 6.90. The minimum atomic E-state index is -0.951. The van der Waals surface area contributed by atoms with Gasteiger partial charge in [0, 0.05) is 0 Å². The second-order valence-electron chi connectivity index (χ2n) is 5.42. The van der Waals surface area contributed by atoms with Crippen molar-refractivity contribution in [1.82, 2.24) is 5.32 Å². The number of amides is 1. The van der Waals surface area contributed by atoms with Gasteiger partial charge in [-0.05, 0) is 25.5 Å². The molecule has 108 valence electrons. The first-order valence-corrected chi connectivity index (χ1v) is 7.23. The Bertz CT molecular complexity index is 549. The van der Waals surface area contributed by atoms with E-state index in [4.69, 9.17) is 32.7 Å². The molecule has 1 saturated carbocycles. The van der Waals surface area contributed by atoms with E-state index < -0.39 is 9.75 Å². The van der Waals surface area contributed by atoms with Crippen molar-refractivity contribution >= 4 is 29.1 Å². The maximum absolute atomic E-state index is 12.1. The van der Waals surface area contributed by atoms with Gasteiger partial charge in [-0.2, -0.15) is 0 Å². The van der Waals surface area contributed by atoms with Gasteiger partial charge in [-0.25, -0.2) is 0 Å². The van der Waals surface area contributed by atoms with Gasteiger partial charge in [-0.1, -0.05) is 12.1 Å². The zero-order valence-electron chi connectivity index (χ0n) is 11.0. The first-order valence-electron chi connectivity index (χ1n) is 6.47. The van der Waals surface area contributed by atoms with Crippen molar-refractivity contribution in [2.45, 2.75) is 23.8 Å². The summed E-state index contributed by atoms with van der Waals surface area (Å²) in [6, 6.07) is 7.46. The van der Waals surface area contributed by atoms with Crippen LogP contribution in [0.5, 0.6) is 11.5 Å². The topological polar surface area (TPSA) is 47.6 Å². The Kier molecular flexibility index (Phi) is 3.26. The number of carbonyl (C=O) groups is 1. The van der Waals surface area contributed by atoms with E-state index in [-0.39, 0.29) is 12.0 Å². The number of carbonyl (C=O) groups excluding carboxylic acids is 1. The largest absolute Gasteiger partial charge is 0.486 e. The van der Waals surface area contributed by atoms with Gasteiger partial charge in [0.15, 0.2) is 11.5 Å². The molecule has 2 atom stereocenters. The summed E-state index contributed by atoms with van der Waals surface area (Å²) in [5.41, 5.74) is -0.705. The Balaban J connectivity index is 1.55. The molecule has 0 bridgehead atoms. The van der Waals surface area contributed by atoms with Gasteiger partial charge in [0.1, 0.15) is 17.0 Å². The molecule has 1 amide bonds. The van der Waals surface area contributed by atoms with E-state index in [2.05, 4.69) is 5.32 Å². The van der Waals surface area contributed by atoms with E-state index in [0.717, 1.165) is 5.75 Å². The van der Waals surface area contributed by atoms with Crippen LogP contribution in [0, 0.1) is 5.41 Å². The Labute approximate surface area is 127 Å². The molecule has 20 heavy (non-hydrogen) atoms. The number of ether oxygens (including phenoxy) is 2. The molecule has 0 unspecified atom stereocenters. The highest BCUT2D eigenvalue weighted by molar-refractivity contribution is 6.53. The fourth-order valence-corrected chi connectivity index (χ4v) is 2.92. The lowest BCUT2D eigenvalue weighted by atomic mass is 10.1. The number of fused-ring (bicyclic) bond motifs is 1. The number of halogens is 2. The van der Waals surface area contributed by atoms with Crippen LogP contribution >= 0.6 is 23.2 Å². The molecule has 0 spiro atoms. The van der Waals surface area contributed by atoms with Gasteiger partial charge in [0.2, 0.25) is 5.91 Å². The highest BCUT2D eigenvalue weighted by atomic mass is 35.5. The lowest BCUT2D eigenvalue weighted by Gasteiger charge is -2.27. The van der Waals surface area contributed by atoms with Crippen molar-refractivity contribution in [3.8, 4) is 11.5 Å². The molecule has 1 N–H and O–H groups in total. The van der Waals surface area contributed by atoms with Crippen molar-refractivity contribution in [1.29, 1.82) is 0 Å². The SMILES string of the molecule is C[C@@]1(C(=O)NC[C@@H]2COc3ccccc3O2)CC1(Cl)Cl. The molecule has 0 saturated heterocycles. The van der Waals surface area contributed by atoms with Crippen LogP contribution in [0.25, 0.3) is 0 Å². The summed E-state index contributed by atoms with van der Waals surface area (Å²) in [5.74, 6) is 1.27. The van der Waals surface area contributed by atoms with Crippen molar-refractivity contribution in [2.24, 2.45) is 5.41 Å². The Morgan fingerprint density at radius 2 is 2.05 bits per heavy atom. The van der Waals surface area contributed by atoms with Crippen LogP contribution in [0.15, 0.2) is 24.3 Å². The Morgan fingerprint density at radius 1 is 1.40 bits per heavy atom. The number of hydrogen-bond acceptors (Lipinski definition) is 3. The number of nitrogens with one attached hydrogen (secondary N) is 1. The minimum absolute atomic E-state index is 0.148. The van der Waals surface area contributed by atoms with E-state index in [1.807, 2.05) is 24.3 Å². The predicted octanol–water partition coefficient (Wildman–Crippen LogP) is 2.53. The van der Waals surface area contributed by atoms with Crippen LogP contribution in [0.2, 0.25) is 0 Å². The summed E-state index contributed by atoms with van der Waals surface area (Å²) in [7, 11) is 0. The third kappa shape index (κ3) is 2.31. The smallest absolute Gasteiger partial charge is 0.229 e. The molecule has 1 heterocycles. The first kappa shape index (κ1) is 13.8. The number of benzene rings is 1. The normalized spacial score (nSPS) is 29.6. The van der Waals surface area contributed by atoms with Crippen LogP contribution < -0.4 is 14.8 Å². The van der Waals surface area contributed by atoms with Gasteiger partial charge in [-0.15, -0.1) is 23.2 Å². The van der Waals surface area contributed by atoms with Gasteiger partial charge in [0.25, 0.3) is 0 Å². The minimum Gasteiger partial charge on any atom is -0.486 e. The highest BCUT2D eigenvalue weighted by Crippen LogP contribution is 2.63. The summed E-state index contributed by atoms with van der Waals surface area (Å²) >= 11 is 12.0. The van der Waals surface area contributed by atoms with Crippen molar-refractivity contribution < 1.29 is 14.3 Å². The molecular formula is C14H15Cl2NO3. The zero-order chi connectivity index (χ0) is 14.4. The fourth-order valence-electron chi connectivity index (χ4n) is 2.21. The van der Waals surface area contributed by atoms with Crippen molar-refractivity contribution in [3.05, 3.63) is 24.3 Å². The number of alkyl halides is 2. The quantitative estimate of drug-likeness (QED) is 0.872. The Hall–Kier alpha value is -1.13. The van der Waals surface area contributed by atoms with Crippen molar-refractivity contribution in [3.63, 3.8) is 0 Å². The van der Waals surface area contributed by atoms with E-state index in [1.54, 1.807) is 6.92 Å². The van der Waals surface area contributed by atoms with Gasteiger partial charge in [-0.3, -0.25) is 4.79 Å². The van der Waals surface area contributed by atoms with Crippen LogP contribution in [0.3, 0.4) is 0 Å². The highest BCUT2D eigenvalue weighted by Gasteiger charge is 2.67. The number of rotatable bonds is 3. The molecule has 6 heteroatoms. The summed E-state index contributed by atoms with van der Waals surface area (Å²) < 4.78 is 10.4. The first-order chi connectivity index (χ1) is 9.42. The average molecular weight is 316 g/mol. The molecule has 1 aliphatic carbocycles. The molecule has 1 aromatic carbocycles. The monoisotopic (exact) mass is 315 g/mol. The van der Waals surface area contributed by atoms with Crippen LogP contribution in [-0.2, 0) is 4.79 Å². The molecule has 1 aromatic rings. The van der Waals surface area contributed by atoms with Gasteiger partial charge < -0.3 is 14.8 Å². The number of hydrogen-bond donors (Lipinski definition) is 1. The van der Waals surface area contributed by atoms with Crippen LogP contribution in [0.1, 0.15) is 13.3 Å². The molecule has 0 radical (unpaired) electrons. The molecule has 1 fully saturated rings. The summed E-state index contributed by atoms with van der Waals surface area (Å²) in [4.78, 5) is 12.1. The summed E-state index contributed by atoms with van der Waals surface area (Å²) in [6.07, 6.45) is 0.260. The average Bonchev–Trinajstić information content (AvgIpc) is 2.96. The summed E-state index contributed by atoms with van der Waals surface area (Å²) in [5, 5.41) is 2.83. The van der Waals surface area contributed by atoms with E-state index >= 15 is 0 Å². The van der Waals surface area contributed by atoms with Crippen LogP contribution in [-0.4, -0.2) is 29.5 Å². The van der Waals surface area contributed by atoms with Gasteiger partial charge in [0.05, 0.1) is 12.0 Å². The molecular weight excluding hydrogens is 301 g/mol. The molecule has 1 aliphatic heterocycles. The third-order valence-electron chi connectivity index (χ3n) is 3.82.